The van der Waals surface area contributed by atoms with Gasteiger partial charge in [-0.1, -0.05) is 6.42 Å². The molecule has 1 saturated heterocycles. The van der Waals surface area contributed by atoms with E-state index in [2.05, 4.69) is 0 Å². The lowest BCUT2D eigenvalue weighted by atomic mass is 10.4. The molecule has 1 heterocycles. The third kappa shape index (κ3) is 4.26. The van der Waals surface area contributed by atoms with E-state index in [1.165, 1.54) is 18.9 Å². The van der Waals surface area contributed by atoms with Gasteiger partial charge in [0.2, 0.25) is 0 Å². The molecular weight excluding hydrogens is 120 g/mol. The van der Waals surface area contributed by atoms with E-state index >= 15 is 0 Å². The molecule has 0 radical (unpaired) electrons. The zero-order valence-corrected chi connectivity index (χ0v) is 6.77. The van der Waals surface area contributed by atoms with E-state index in [1.54, 1.807) is 0 Å². The first-order valence-corrected chi connectivity index (χ1v) is 4.15. The van der Waals surface area contributed by atoms with Crippen molar-refractivity contribution in [1.29, 1.82) is 0 Å². The molecule has 4 heteroatoms. The average Bonchev–Trinajstić information content (AvgIpc) is 1.72. The molecule has 3 nitrogen and oxygen atoms in total. The molecule has 1 aliphatic rings. The maximum Gasteiger partial charge on any atom is 0.161 e. The van der Waals surface area contributed by atoms with Crippen molar-refractivity contribution in [2.75, 3.05) is 6.61 Å². The first-order valence-electron chi connectivity index (χ1n) is 2.58. The first-order chi connectivity index (χ1) is 3.00. The molecule has 0 aromatic heterocycles. The molecule has 0 unspecified atom stereocenters. The summed E-state index contributed by atoms with van der Waals surface area (Å²) in [5.74, 6) is 0. The van der Waals surface area contributed by atoms with Crippen LogP contribution in [0.25, 0.3) is 0 Å². The summed E-state index contributed by atoms with van der Waals surface area (Å²) in [6, 6.07) is 1.42. The predicted octanol–water partition coefficient (Wildman–Crippen LogP) is 0.623. The van der Waals surface area contributed by atoms with Gasteiger partial charge in [0, 0.05) is 6.61 Å². The van der Waals surface area contributed by atoms with Crippen LogP contribution in [0.3, 0.4) is 0 Å². The Morgan fingerprint density at radius 3 is 2.00 bits per heavy atom. The van der Waals surface area contributed by atoms with Crippen LogP contribution in [0.1, 0.15) is 12.8 Å². The molecule has 8 heavy (non-hydrogen) atoms. The lowest BCUT2D eigenvalue weighted by Crippen LogP contribution is -2.06. The summed E-state index contributed by atoms with van der Waals surface area (Å²) in [7, 11) is 0.00849. The maximum absolute atomic E-state index is 5.21. The molecule has 0 aromatic rings. The van der Waals surface area contributed by atoms with Crippen molar-refractivity contribution >= 4 is 9.76 Å². The van der Waals surface area contributed by atoms with Crippen molar-refractivity contribution in [1.82, 2.24) is 12.3 Å². The Balaban J connectivity index is 0. The fourth-order valence-corrected chi connectivity index (χ4v) is 1.86. The number of hydrogen-bond acceptors (Lipinski definition) is 3. The minimum absolute atomic E-state index is 0. The molecule has 52 valence electrons. The van der Waals surface area contributed by atoms with Crippen molar-refractivity contribution in [2.45, 2.75) is 18.9 Å². The van der Waals surface area contributed by atoms with Gasteiger partial charge in [0.05, 0.1) is 0 Å². The van der Waals surface area contributed by atoms with Crippen LogP contribution in [-0.4, -0.2) is 16.4 Å². The molecule has 1 fully saturated rings. The van der Waals surface area contributed by atoms with Gasteiger partial charge in [-0.2, -0.15) is 0 Å². The Labute approximate surface area is 52.9 Å². The number of rotatable bonds is 0. The van der Waals surface area contributed by atoms with E-state index < -0.39 is 0 Å². The third-order valence-corrected chi connectivity index (χ3v) is 2.44. The van der Waals surface area contributed by atoms with Crippen molar-refractivity contribution in [3.63, 3.8) is 0 Å². The molecule has 6 N–H and O–H groups in total. The highest BCUT2D eigenvalue weighted by Gasteiger charge is 1.96. The smallest absolute Gasteiger partial charge is 0.161 e. The zero-order valence-electron chi connectivity index (χ0n) is 5.36. The Hall–Kier alpha value is 0.0969. The highest BCUT2D eigenvalue weighted by atomic mass is 28.2. The molecule has 0 atom stereocenters. The minimum atomic E-state index is 0. The summed E-state index contributed by atoms with van der Waals surface area (Å²) in [6.07, 6.45) is 2.75. The Bertz CT molecular complexity index is 29.5. The quantitative estimate of drug-likeness (QED) is 0.479. The first kappa shape index (κ1) is 11.0. The average molecular weight is 136 g/mol. The van der Waals surface area contributed by atoms with Crippen LogP contribution < -0.4 is 12.3 Å². The van der Waals surface area contributed by atoms with Crippen molar-refractivity contribution in [3.05, 3.63) is 0 Å². The van der Waals surface area contributed by atoms with Gasteiger partial charge in [-0.05, 0) is 12.5 Å². The van der Waals surface area contributed by atoms with Gasteiger partial charge in [-0.3, -0.25) is 0 Å². The van der Waals surface area contributed by atoms with Gasteiger partial charge < -0.3 is 16.7 Å². The van der Waals surface area contributed by atoms with Crippen LogP contribution in [0.15, 0.2) is 0 Å². The predicted molar refractivity (Wildman–Crippen MR) is 38.6 cm³/mol. The van der Waals surface area contributed by atoms with E-state index in [9.17, 15) is 0 Å². The molecule has 0 spiro atoms. The molecule has 0 aliphatic carbocycles. The van der Waals surface area contributed by atoms with E-state index in [4.69, 9.17) is 4.43 Å². The second kappa shape index (κ2) is 7.10. The van der Waals surface area contributed by atoms with Gasteiger partial charge in [0.1, 0.15) is 0 Å². The maximum atomic E-state index is 5.21. The summed E-state index contributed by atoms with van der Waals surface area (Å²) in [4.78, 5) is 0. The van der Waals surface area contributed by atoms with Crippen LogP contribution in [0.5, 0.6) is 0 Å². The Morgan fingerprint density at radius 1 is 1.12 bits per heavy atom. The normalized spacial score (nSPS) is 21.0. The fraction of sp³-hybridized carbons (Fsp3) is 1.00. The second-order valence-electron chi connectivity index (χ2n) is 1.67. The summed E-state index contributed by atoms with van der Waals surface area (Å²) in [5, 5.41) is 0. The molecule has 1 rings (SSSR count). The van der Waals surface area contributed by atoms with Gasteiger partial charge in [0.15, 0.2) is 9.76 Å². The summed E-state index contributed by atoms with van der Waals surface area (Å²) >= 11 is 0. The van der Waals surface area contributed by atoms with Crippen LogP contribution in [0.2, 0.25) is 6.04 Å². The van der Waals surface area contributed by atoms with Gasteiger partial charge in [0.25, 0.3) is 0 Å². The molecule has 0 bridgehead atoms. The second-order valence-corrected chi connectivity index (χ2v) is 3.20. The molecule has 0 amide bonds. The van der Waals surface area contributed by atoms with Crippen molar-refractivity contribution < 1.29 is 4.43 Å². The minimum Gasteiger partial charge on any atom is -0.424 e. The molecule has 0 saturated carbocycles. The molecular formula is C4H16N2OSi. The van der Waals surface area contributed by atoms with Crippen molar-refractivity contribution in [3.8, 4) is 0 Å². The van der Waals surface area contributed by atoms with Gasteiger partial charge in [-0.15, -0.1) is 0 Å². The summed E-state index contributed by atoms with van der Waals surface area (Å²) in [6.45, 7) is 1.06. The SMILES string of the molecule is C1CC[SiH2]OC1.N.N. The van der Waals surface area contributed by atoms with E-state index in [0.29, 0.717) is 0 Å². The van der Waals surface area contributed by atoms with Crippen LogP contribution in [0.4, 0.5) is 0 Å². The third-order valence-electron chi connectivity index (χ3n) is 1.08. The highest BCUT2D eigenvalue weighted by molar-refractivity contribution is 6.27. The lowest BCUT2D eigenvalue weighted by Gasteiger charge is -2.07. The lowest BCUT2D eigenvalue weighted by molar-refractivity contribution is 0.304. The Morgan fingerprint density at radius 2 is 1.88 bits per heavy atom. The van der Waals surface area contributed by atoms with Crippen molar-refractivity contribution in [2.24, 2.45) is 0 Å². The van der Waals surface area contributed by atoms with Gasteiger partial charge in [-0.25, -0.2) is 0 Å². The Kier molecular flexibility index (Phi) is 9.73. The largest absolute Gasteiger partial charge is 0.424 e. The van der Waals surface area contributed by atoms with E-state index in [1.807, 2.05) is 0 Å². The molecule has 0 aromatic carbocycles. The standard InChI is InChI=1S/C4H10OSi.2H3N/c1-2-4-6-5-3-1;;/h1-4,6H2;2*1H3. The van der Waals surface area contributed by atoms with E-state index in [0.717, 1.165) is 6.61 Å². The zero-order chi connectivity index (χ0) is 4.24. The monoisotopic (exact) mass is 136 g/mol. The summed E-state index contributed by atoms with van der Waals surface area (Å²) in [5.41, 5.74) is 0. The van der Waals surface area contributed by atoms with Crippen LogP contribution >= 0.6 is 0 Å². The molecule has 1 aliphatic heterocycles. The number of hydrogen-bond donors (Lipinski definition) is 2. The topological polar surface area (TPSA) is 79.2 Å². The summed E-state index contributed by atoms with van der Waals surface area (Å²) < 4.78 is 5.21. The van der Waals surface area contributed by atoms with E-state index in [-0.39, 0.29) is 22.1 Å². The fourth-order valence-electron chi connectivity index (χ4n) is 0.687. The van der Waals surface area contributed by atoms with Crippen LogP contribution in [0, 0.1) is 0 Å². The van der Waals surface area contributed by atoms with Gasteiger partial charge >= 0.3 is 0 Å². The highest BCUT2D eigenvalue weighted by Crippen LogP contribution is 2.01. The van der Waals surface area contributed by atoms with Crippen LogP contribution in [-0.2, 0) is 4.43 Å².